The molecule has 0 aromatic carbocycles. The van der Waals surface area contributed by atoms with Crippen LogP contribution in [0.4, 0.5) is 0 Å². The van der Waals surface area contributed by atoms with E-state index in [1.807, 2.05) is 19.1 Å². The van der Waals surface area contributed by atoms with E-state index >= 15 is 0 Å². The van der Waals surface area contributed by atoms with Crippen molar-refractivity contribution in [1.82, 2.24) is 9.88 Å². The van der Waals surface area contributed by atoms with Crippen molar-refractivity contribution in [2.45, 2.75) is 38.2 Å². The van der Waals surface area contributed by atoms with Gasteiger partial charge >= 0.3 is 0 Å². The van der Waals surface area contributed by atoms with Gasteiger partial charge in [-0.15, -0.1) is 0 Å². The molecular weight excluding hydrogens is 282 g/mol. The number of piperidine rings is 1. The maximum atomic E-state index is 12.7. The Balaban J connectivity index is 2.13. The SMILES string of the molecule is CO[C@@]1(CCC(N)=O)CCCN(C(=O)c2ncccc2C)C1. The largest absolute Gasteiger partial charge is 0.376 e. The highest BCUT2D eigenvalue weighted by Gasteiger charge is 2.38. The third-order valence-corrected chi connectivity index (χ3v) is 4.30. The first-order valence-corrected chi connectivity index (χ1v) is 7.52. The van der Waals surface area contributed by atoms with E-state index in [4.69, 9.17) is 10.5 Å². The summed E-state index contributed by atoms with van der Waals surface area (Å²) < 4.78 is 5.65. The zero-order valence-corrected chi connectivity index (χ0v) is 13.2. The number of rotatable bonds is 5. The maximum absolute atomic E-state index is 12.7. The fourth-order valence-corrected chi connectivity index (χ4v) is 2.95. The third kappa shape index (κ3) is 3.62. The second-order valence-electron chi connectivity index (χ2n) is 5.85. The van der Waals surface area contributed by atoms with Crippen LogP contribution >= 0.6 is 0 Å². The van der Waals surface area contributed by atoms with Gasteiger partial charge in [0.25, 0.3) is 5.91 Å². The molecule has 120 valence electrons. The van der Waals surface area contributed by atoms with Crippen LogP contribution in [0, 0.1) is 6.92 Å². The number of methoxy groups -OCH3 is 1. The summed E-state index contributed by atoms with van der Waals surface area (Å²) in [4.78, 5) is 29.7. The molecular formula is C16H23N3O3. The van der Waals surface area contributed by atoms with Crippen molar-refractivity contribution in [3.05, 3.63) is 29.6 Å². The van der Waals surface area contributed by atoms with Crippen LogP contribution in [0.15, 0.2) is 18.3 Å². The van der Waals surface area contributed by atoms with Crippen LogP contribution in [-0.4, -0.2) is 47.5 Å². The quantitative estimate of drug-likeness (QED) is 0.888. The molecule has 1 aromatic rings. The van der Waals surface area contributed by atoms with E-state index in [0.717, 1.165) is 18.4 Å². The van der Waals surface area contributed by atoms with Crippen LogP contribution in [0.1, 0.15) is 41.7 Å². The monoisotopic (exact) mass is 305 g/mol. The maximum Gasteiger partial charge on any atom is 0.272 e. The zero-order valence-electron chi connectivity index (χ0n) is 13.2. The minimum atomic E-state index is -0.494. The molecule has 6 heteroatoms. The number of hydrogen-bond donors (Lipinski definition) is 1. The number of nitrogens with two attached hydrogens (primary N) is 1. The van der Waals surface area contributed by atoms with Crippen LogP contribution in [0.3, 0.4) is 0 Å². The molecule has 0 saturated carbocycles. The molecule has 1 fully saturated rings. The first-order valence-electron chi connectivity index (χ1n) is 7.52. The first kappa shape index (κ1) is 16.4. The van der Waals surface area contributed by atoms with Crippen molar-refractivity contribution in [2.75, 3.05) is 20.2 Å². The summed E-state index contributed by atoms with van der Waals surface area (Å²) in [5.41, 5.74) is 6.08. The highest BCUT2D eigenvalue weighted by atomic mass is 16.5. The van der Waals surface area contributed by atoms with Crippen molar-refractivity contribution < 1.29 is 14.3 Å². The molecule has 0 unspecified atom stereocenters. The number of primary amides is 1. The van der Waals surface area contributed by atoms with Crippen LogP contribution in [-0.2, 0) is 9.53 Å². The van der Waals surface area contributed by atoms with Crippen molar-refractivity contribution in [1.29, 1.82) is 0 Å². The molecule has 2 rings (SSSR count). The highest BCUT2D eigenvalue weighted by molar-refractivity contribution is 5.93. The van der Waals surface area contributed by atoms with Gasteiger partial charge < -0.3 is 15.4 Å². The second-order valence-corrected chi connectivity index (χ2v) is 5.85. The van der Waals surface area contributed by atoms with E-state index in [1.165, 1.54) is 0 Å². The van der Waals surface area contributed by atoms with Gasteiger partial charge in [0.15, 0.2) is 0 Å². The van der Waals surface area contributed by atoms with Gasteiger partial charge in [0.05, 0.1) is 12.1 Å². The Morgan fingerprint density at radius 1 is 1.50 bits per heavy atom. The fraction of sp³-hybridized carbons (Fsp3) is 0.562. The molecule has 1 saturated heterocycles. The lowest BCUT2D eigenvalue weighted by Gasteiger charge is -2.41. The number of likely N-dealkylation sites (tertiary alicyclic amines) is 1. The molecule has 1 aliphatic rings. The van der Waals surface area contributed by atoms with Gasteiger partial charge in [0.1, 0.15) is 5.69 Å². The van der Waals surface area contributed by atoms with E-state index in [-0.39, 0.29) is 18.2 Å². The van der Waals surface area contributed by atoms with Gasteiger partial charge in [-0.25, -0.2) is 0 Å². The normalized spacial score (nSPS) is 21.6. The van der Waals surface area contributed by atoms with Crippen molar-refractivity contribution in [3.8, 4) is 0 Å². The Labute approximate surface area is 130 Å². The van der Waals surface area contributed by atoms with Crippen molar-refractivity contribution in [3.63, 3.8) is 0 Å². The number of aryl methyl sites for hydroxylation is 1. The average Bonchev–Trinajstić information content (AvgIpc) is 2.53. The van der Waals surface area contributed by atoms with Gasteiger partial charge in [-0.3, -0.25) is 14.6 Å². The summed E-state index contributed by atoms with van der Waals surface area (Å²) in [6.07, 6.45) is 4.08. The Hall–Kier alpha value is -1.95. The Morgan fingerprint density at radius 3 is 2.91 bits per heavy atom. The molecule has 2 N–H and O–H groups in total. The summed E-state index contributed by atoms with van der Waals surface area (Å²) in [5, 5.41) is 0. The molecule has 0 aliphatic carbocycles. The van der Waals surface area contributed by atoms with Crippen LogP contribution in [0.25, 0.3) is 0 Å². The number of hydrogen-bond acceptors (Lipinski definition) is 4. The number of carbonyl (C=O) groups excluding carboxylic acids is 2. The van der Waals surface area contributed by atoms with Gasteiger partial charge in [0, 0.05) is 26.3 Å². The summed E-state index contributed by atoms with van der Waals surface area (Å²) in [7, 11) is 1.63. The molecule has 0 spiro atoms. The molecule has 22 heavy (non-hydrogen) atoms. The topological polar surface area (TPSA) is 85.5 Å². The number of ether oxygens (including phenoxy) is 1. The molecule has 2 heterocycles. The molecule has 6 nitrogen and oxygen atoms in total. The minimum Gasteiger partial charge on any atom is -0.376 e. The van der Waals surface area contributed by atoms with Crippen LogP contribution in [0.2, 0.25) is 0 Å². The number of amides is 2. The van der Waals surface area contributed by atoms with E-state index < -0.39 is 5.60 Å². The Bertz CT molecular complexity index is 561. The average molecular weight is 305 g/mol. The van der Waals surface area contributed by atoms with E-state index in [9.17, 15) is 9.59 Å². The lowest BCUT2D eigenvalue weighted by molar-refractivity contribution is -0.121. The predicted octanol–water partition coefficient (Wildman–Crippen LogP) is 1.28. The summed E-state index contributed by atoms with van der Waals surface area (Å²) >= 11 is 0. The molecule has 0 radical (unpaired) electrons. The third-order valence-electron chi connectivity index (χ3n) is 4.30. The molecule has 1 aromatic heterocycles. The van der Waals surface area contributed by atoms with E-state index in [0.29, 0.717) is 25.2 Å². The fourth-order valence-electron chi connectivity index (χ4n) is 2.95. The van der Waals surface area contributed by atoms with Crippen molar-refractivity contribution in [2.24, 2.45) is 5.73 Å². The van der Waals surface area contributed by atoms with Gasteiger partial charge in [0.2, 0.25) is 5.91 Å². The lowest BCUT2D eigenvalue weighted by Crippen LogP contribution is -2.52. The van der Waals surface area contributed by atoms with Crippen molar-refractivity contribution >= 4 is 11.8 Å². The number of nitrogens with zero attached hydrogens (tertiary/aromatic N) is 2. The molecule has 1 atom stereocenters. The first-order chi connectivity index (χ1) is 10.5. The standard InChI is InChI=1S/C16H23N3O3/c1-12-5-3-9-18-14(12)15(21)19-10-4-7-16(11-19,22-2)8-6-13(17)20/h3,5,9H,4,6-8,10-11H2,1-2H3,(H2,17,20)/t16-/m1/s1. The minimum absolute atomic E-state index is 0.0849. The number of aromatic nitrogens is 1. The second kappa shape index (κ2) is 6.87. The van der Waals surface area contributed by atoms with Gasteiger partial charge in [-0.1, -0.05) is 6.07 Å². The number of carbonyl (C=O) groups is 2. The van der Waals surface area contributed by atoms with Gasteiger partial charge in [-0.2, -0.15) is 0 Å². The Morgan fingerprint density at radius 2 is 2.27 bits per heavy atom. The highest BCUT2D eigenvalue weighted by Crippen LogP contribution is 2.30. The van der Waals surface area contributed by atoms with E-state index in [2.05, 4.69) is 4.98 Å². The summed E-state index contributed by atoms with van der Waals surface area (Å²) in [6.45, 7) is 3.02. The zero-order chi connectivity index (χ0) is 16.2. The molecule has 2 amide bonds. The van der Waals surface area contributed by atoms with Crippen LogP contribution in [0.5, 0.6) is 0 Å². The van der Waals surface area contributed by atoms with Gasteiger partial charge in [-0.05, 0) is 37.8 Å². The smallest absolute Gasteiger partial charge is 0.272 e. The summed E-state index contributed by atoms with van der Waals surface area (Å²) in [6, 6.07) is 3.69. The number of pyridine rings is 1. The molecule has 0 bridgehead atoms. The summed E-state index contributed by atoms with van der Waals surface area (Å²) in [5.74, 6) is -0.432. The van der Waals surface area contributed by atoms with E-state index in [1.54, 1.807) is 18.2 Å². The predicted molar refractivity (Wildman–Crippen MR) is 82.3 cm³/mol. The Kier molecular flexibility index (Phi) is 5.13. The lowest BCUT2D eigenvalue weighted by atomic mass is 9.87. The van der Waals surface area contributed by atoms with Crippen LogP contribution < -0.4 is 5.73 Å². The molecule has 1 aliphatic heterocycles.